The third-order valence-corrected chi connectivity index (χ3v) is 9.02. The molecular formula is C23H32N2OS. The molecule has 4 bridgehead atoms. The SMILES string of the molecule is C[C@H](SC12CC3CC(CC(C3)C1)C2)C(=O)N1CCN(c2ccccc2)CC1. The topological polar surface area (TPSA) is 23.6 Å². The number of carbonyl (C=O) groups is 1. The fourth-order valence-electron chi connectivity index (χ4n) is 6.68. The normalized spacial score (nSPS) is 36.1. The van der Waals surface area contributed by atoms with E-state index in [9.17, 15) is 4.79 Å². The first kappa shape index (κ1) is 17.9. The maximum absolute atomic E-state index is 13.2. The number of nitrogens with zero attached hydrogens (tertiary/aromatic N) is 2. The maximum atomic E-state index is 13.2. The van der Waals surface area contributed by atoms with Gasteiger partial charge in [0.15, 0.2) is 0 Å². The van der Waals surface area contributed by atoms with Gasteiger partial charge in [-0.05, 0) is 75.3 Å². The third-order valence-electron chi connectivity index (χ3n) is 7.47. The Hall–Kier alpha value is -1.16. The predicted molar refractivity (Wildman–Crippen MR) is 113 cm³/mol. The molecule has 0 spiro atoms. The van der Waals surface area contributed by atoms with E-state index in [1.54, 1.807) is 0 Å². The molecule has 0 unspecified atom stereocenters. The molecule has 1 amide bonds. The van der Waals surface area contributed by atoms with Crippen LogP contribution in [0.2, 0.25) is 0 Å². The molecule has 4 heteroatoms. The Bertz CT molecular complexity index is 648. The van der Waals surface area contributed by atoms with E-state index in [1.165, 1.54) is 44.2 Å². The highest BCUT2D eigenvalue weighted by Crippen LogP contribution is 2.61. The highest BCUT2D eigenvalue weighted by atomic mass is 32.2. The van der Waals surface area contributed by atoms with Crippen LogP contribution in [0.1, 0.15) is 45.4 Å². The van der Waals surface area contributed by atoms with Crippen LogP contribution in [0, 0.1) is 17.8 Å². The number of para-hydroxylation sites is 1. The molecule has 0 radical (unpaired) electrons. The monoisotopic (exact) mass is 384 g/mol. The molecular weight excluding hydrogens is 352 g/mol. The van der Waals surface area contributed by atoms with Crippen molar-refractivity contribution in [1.82, 2.24) is 4.90 Å². The average Bonchev–Trinajstić information content (AvgIpc) is 2.67. The second-order valence-corrected chi connectivity index (χ2v) is 11.3. The van der Waals surface area contributed by atoms with Crippen LogP contribution in [0.3, 0.4) is 0 Å². The van der Waals surface area contributed by atoms with E-state index in [4.69, 9.17) is 0 Å². The van der Waals surface area contributed by atoms with E-state index in [0.717, 1.165) is 43.9 Å². The van der Waals surface area contributed by atoms with E-state index in [-0.39, 0.29) is 5.25 Å². The molecule has 1 aromatic carbocycles. The van der Waals surface area contributed by atoms with Crippen molar-refractivity contribution in [2.45, 2.75) is 55.4 Å². The quantitative estimate of drug-likeness (QED) is 0.767. The predicted octanol–water partition coefficient (Wildman–Crippen LogP) is 4.43. The van der Waals surface area contributed by atoms with Crippen molar-refractivity contribution < 1.29 is 4.79 Å². The molecule has 1 aromatic rings. The van der Waals surface area contributed by atoms with E-state index < -0.39 is 0 Å². The Morgan fingerprint density at radius 3 is 2.07 bits per heavy atom. The summed E-state index contributed by atoms with van der Waals surface area (Å²) in [5.41, 5.74) is 1.28. The van der Waals surface area contributed by atoms with Crippen molar-refractivity contribution in [2.75, 3.05) is 31.1 Å². The summed E-state index contributed by atoms with van der Waals surface area (Å²) in [5.74, 6) is 3.25. The lowest BCUT2D eigenvalue weighted by Crippen LogP contribution is -2.53. The minimum atomic E-state index is 0.115. The minimum absolute atomic E-state index is 0.115. The first-order valence-electron chi connectivity index (χ1n) is 10.9. The van der Waals surface area contributed by atoms with Crippen LogP contribution in [0.25, 0.3) is 0 Å². The van der Waals surface area contributed by atoms with Crippen LogP contribution in [-0.2, 0) is 4.79 Å². The van der Waals surface area contributed by atoms with Crippen LogP contribution in [0.4, 0.5) is 5.69 Å². The van der Waals surface area contributed by atoms with E-state index in [1.807, 2.05) is 0 Å². The van der Waals surface area contributed by atoms with Crippen molar-refractivity contribution in [1.29, 1.82) is 0 Å². The van der Waals surface area contributed by atoms with Crippen LogP contribution in [0.15, 0.2) is 30.3 Å². The average molecular weight is 385 g/mol. The molecule has 3 nitrogen and oxygen atoms in total. The van der Waals surface area contributed by atoms with Crippen molar-refractivity contribution in [3.05, 3.63) is 30.3 Å². The molecule has 1 atom stereocenters. The fraction of sp³-hybridized carbons (Fsp3) is 0.696. The van der Waals surface area contributed by atoms with Gasteiger partial charge in [-0.2, -0.15) is 0 Å². The maximum Gasteiger partial charge on any atom is 0.235 e. The summed E-state index contributed by atoms with van der Waals surface area (Å²) >= 11 is 2.05. The molecule has 27 heavy (non-hydrogen) atoms. The Balaban J connectivity index is 1.18. The van der Waals surface area contributed by atoms with Crippen molar-refractivity contribution >= 4 is 23.4 Å². The largest absolute Gasteiger partial charge is 0.368 e. The molecule has 5 fully saturated rings. The summed E-state index contributed by atoms with van der Waals surface area (Å²) in [7, 11) is 0. The number of benzene rings is 1. The zero-order valence-corrected chi connectivity index (χ0v) is 17.3. The zero-order valence-electron chi connectivity index (χ0n) is 16.5. The molecule has 1 heterocycles. The molecule has 5 aliphatic rings. The number of thioether (sulfide) groups is 1. The van der Waals surface area contributed by atoms with Gasteiger partial charge in [0.1, 0.15) is 0 Å². The van der Waals surface area contributed by atoms with Gasteiger partial charge >= 0.3 is 0 Å². The van der Waals surface area contributed by atoms with E-state index in [0.29, 0.717) is 10.7 Å². The number of carbonyl (C=O) groups excluding carboxylic acids is 1. The number of anilines is 1. The third kappa shape index (κ3) is 3.50. The fourth-order valence-corrected chi connectivity index (χ4v) is 8.68. The molecule has 0 aromatic heterocycles. The highest BCUT2D eigenvalue weighted by molar-refractivity contribution is 8.01. The Kier molecular flexibility index (Phi) is 4.66. The summed E-state index contributed by atoms with van der Waals surface area (Å²) in [4.78, 5) is 17.7. The van der Waals surface area contributed by atoms with Gasteiger partial charge in [0.2, 0.25) is 5.91 Å². The lowest BCUT2D eigenvalue weighted by Gasteiger charge is -2.57. The summed E-state index contributed by atoms with van der Waals surface area (Å²) < 4.78 is 0.426. The molecule has 4 saturated carbocycles. The molecule has 4 aliphatic carbocycles. The van der Waals surface area contributed by atoms with Crippen LogP contribution in [-0.4, -0.2) is 47.0 Å². The Labute approximate surface area is 167 Å². The first-order chi connectivity index (χ1) is 13.1. The summed E-state index contributed by atoms with van der Waals surface area (Å²) in [5, 5.41) is 0.115. The minimum Gasteiger partial charge on any atom is -0.368 e. The van der Waals surface area contributed by atoms with Gasteiger partial charge in [-0.3, -0.25) is 4.79 Å². The standard InChI is InChI=1S/C23H32N2OS/c1-17(27-23-14-18-11-19(15-23)13-20(12-18)16-23)22(26)25-9-7-24(8-10-25)21-5-3-2-4-6-21/h2-6,17-20H,7-16H2,1H3/t17-,18?,19?,20?,23?/m0/s1. The van der Waals surface area contributed by atoms with Crippen LogP contribution < -0.4 is 4.90 Å². The van der Waals surface area contributed by atoms with E-state index in [2.05, 4.69) is 58.8 Å². The number of hydrogen-bond acceptors (Lipinski definition) is 3. The molecule has 1 aliphatic heterocycles. The Morgan fingerprint density at radius 1 is 0.963 bits per heavy atom. The first-order valence-corrected chi connectivity index (χ1v) is 11.7. The van der Waals surface area contributed by atoms with Gasteiger partial charge in [0, 0.05) is 36.6 Å². The van der Waals surface area contributed by atoms with Crippen molar-refractivity contribution in [3.8, 4) is 0 Å². The lowest BCUT2D eigenvalue weighted by molar-refractivity contribution is -0.130. The number of rotatable bonds is 4. The van der Waals surface area contributed by atoms with Gasteiger partial charge in [-0.1, -0.05) is 18.2 Å². The summed E-state index contributed by atoms with van der Waals surface area (Å²) in [6, 6.07) is 10.6. The second kappa shape index (κ2) is 7.02. The van der Waals surface area contributed by atoms with Crippen molar-refractivity contribution in [3.63, 3.8) is 0 Å². The molecule has 0 N–H and O–H groups in total. The van der Waals surface area contributed by atoms with Gasteiger partial charge in [0.25, 0.3) is 0 Å². The number of amides is 1. The van der Waals surface area contributed by atoms with Crippen molar-refractivity contribution in [2.24, 2.45) is 17.8 Å². The van der Waals surface area contributed by atoms with Crippen LogP contribution >= 0.6 is 11.8 Å². The Morgan fingerprint density at radius 2 is 1.52 bits per heavy atom. The smallest absolute Gasteiger partial charge is 0.235 e. The van der Waals surface area contributed by atoms with E-state index >= 15 is 0 Å². The van der Waals surface area contributed by atoms with Gasteiger partial charge in [-0.15, -0.1) is 11.8 Å². The highest BCUT2D eigenvalue weighted by Gasteiger charge is 2.52. The summed E-state index contributed by atoms with van der Waals surface area (Å²) in [6.07, 6.45) is 8.56. The molecule has 6 rings (SSSR count). The lowest BCUT2D eigenvalue weighted by atomic mass is 9.56. The van der Waals surface area contributed by atoms with Gasteiger partial charge in [-0.25, -0.2) is 0 Å². The van der Waals surface area contributed by atoms with Crippen LogP contribution in [0.5, 0.6) is 0 Å². The molecule has 146 valence electrons. The number of hydrogen-bond donors (Lipinski definition) is 0. The van der Waals surface area contributed by atoms with Gasteiger partial charge < -0.3 is 9.80 Å². The van der Waals surface area contributed by atoms with Gasteiger partial charge in [0.05, 0.1) is 5.25 Å². The zero-order chi connectivity index (χ0) is 18.4. The number of piperazine rings is 1. The summed E-state index contributed by atoms with van der Waals surface area (Å²) in [6.45, 7) is 5.79. The second-order valence-electron chi connectivity index (χ2n) is 9.51. The molecule has 1 saturated heterocycles.